The molecule has 0 aromatic heterocycles. The predicted molar refractivity (Wildman–Crippen MR) is 66.7 cm³/mol. The summed E-state index contributed by atoms with van der Waals surface area (Å²) in [5, 5.41) is 3.44. The lowest BCUT2D eigenvalue weighted by Gasteiger charge is -2.04. The molecule has 0 heterocycles. The minimum absolute atomic E-state index is 0.835. The number of benzene rings is 1. The Kier molecular flexibility index (Phi) is 5.86. The number of nitrogen functional groups attached to an aromatic ring is 1. The van der Waals surface area contributed by atoms with Crippen LogP contribution in [-0.2, 0) is 6.54 Å². The fourth-order valence-corrected chi connectivity index (χ4v) is 1.54. The molecule has 0 saturated heterocycles. The quantitative estimate of drug-likeness (QED) is 0.532. The Bertz CT molecular complexity index is 254. The molecule has 2 nitrogen and oxygen atoms in total. The molecular weight excluding hydrogens is 184 g/mol. The minimum atomic E-state index is 0.835. The average molecular weight is 206 g/mol. The molecule has 84 valence electrons. The van der Waals surface area contributed by atoms with Crippen LogP contribution in [0.15, 0.2) is 24.3 Å². The number of anilines is 1. The Morgan fingerprint density at radius 2 is 1.80 bits per heavy atom. The third kappa shape index (κ3) is 5.43. The Balaban J connectivity index is 2.07. The first kappa shape index (κ1) is 12.1. The number of nitrogens with one attached hydrogen (secondary N) is 1. The van der Waals surface area contributed by atoms with E-state index in [0.29, 0.717) is 0 Å². The fraction of sp³-hybridized carbons (Fsp3) is 0.538. The van der Waals surface area contributed by atoms with Gasteiger partial charge < -0.3 is 11.1 Å². The molecule has 0 aliphatic carbocycles. The van der Waals surface area contributed by atoms with E-state index in [1.807, 2.05) is 12.1 Å². The molecule has 0 unspecified atom stereocenters. The van der Waals surface area contributed by atoms with Gasteiger partial charge in [-0.2, -0.15) is 0 Å². The molecule has 0 saturated carbocycles. The molecule has 0 fully saturated rings. The summed E-state index contributed by atoms with van der Waals surface area (Å²) >= 11 is 0. The largest absolute Gasteiger partial charge is 0.399 e. The summed E-state index contributed by atoms with van der Waals surface area (Å²) < 4.78 is 0. The molecular formula is C13H22N2. The van der Waals surface area contributed by atoms with E-state index in [1.54, 1.807) is 0 Å². The van der Waals surface area contributed by atoms with Crippen LogP contribution in [0.1, 0.15) is 38.2 Å². The van der Waals surface area contributed by atoms with Crippen molar-refractivity contribution in [2.24, 2.45) is 0 Å². The van der Waals surface area contributed by atoms with Gasteiger partial charge in [0.25, 0.3) is 0 Å². The minimum Gasteiger partial charge on any atom is -0.399 e. The first-order valence-electron chi connectivity index (χ1n) is 5.88. The van der Waals surface area contributed by atoms with Crippen molar-refractivity contribution in [2.45, 2.75) is 39.2 Å². The number of unbranched alkanes of at least 4 members (excludes halogenated alkanes) is 3. The number of rotatable bonds is 7. The van der Waals surface area contributed by atoms with Gasteiger partial charge in [-0.25, -0.2) is 0 Å². The molecule has 3 N–H and O–H groups in total. The number of hydrogen-bond acceptors (Lipinski definition) is 2. The van der Waals surface area contributed by atoms with Crippen LogP contribution in [0.25, 0.3) is 0 Å². The van der Waals surface area contributed by atoms with Gasteiger partial charge in [0.15, 0.2) is 0 Å². The molecule has 1 rings (SSSR count). The molecule has 15 heavy (non-hydrogen) atoms. The highest BCUT2D eigenvalue weighted by Crippen LogP contribution is 2.05. The van der Waals surface area contributed by atoms with E-state index in [9.17, 15) is 0 Å². The standard InChI is InChI=1S/C13H22N2/c1-2-3-4-5-10-15-11-12-6-8-13(14)9-7-12/h6-9,15H,2-5,10-11,14H2,1H3. The Morgan fingerprint density at radius 3 is 2.47 bits per heavy atom. The topological polar surface area (TPSA) is 38.0 Å². The third-order valence-electron chi connectivity index (χ3n) is 2.52. The van der Waals surface area contributed by atoms with Gasteiger partial charge >= 0.3 is 0 Å². The molecule has 1 aromatic carbocycles. The maximum absolute atomic E-state index is 5.62. The van der Waals surface area contributed by atoms with Crippen LogP contribution in [0.3, 0.4) is 0 Å². The van der Waals surface area contributed by atoms with Crippen LogP contribution in [0.4, 0.5) is 5.69 Å². The zero-order chi connectivity index (χ0) is 10.9. The number of hydrogen-bond donors (Lipinski definition) is 2. The van der Waals surface area contributed by atoms with E-state index in [4.69, 9.17) is 5.73 Å². The van der Waals surface area contributed by atoms with Gasteiger partial charge in [0.1, 0.15) is 0 Å². The highest BCUT2D eigenvalue weighted by atomic mass is 14.8. The van der Waals surface area contributed by atoms with Crippen molar-refractivity contribution >= 4 is 5.69 Å². The van der Waals surface area contributed by atoms with Crippen LogP contribution in [0.5, 0.6) is 0 Å². The smallest absolute Gasteiger partial charge is 0.0314 e. The van der Waals surface area contributed by atoms with Gasteiger partial charge in [-0.05, 0) is 30.7 Å². The summed E-state index contributed by atoms with van der Waals surface area (Å²) in [6.07, 6.45) is 5.27. The van der Waals surface area contributed by atoms with Gasteiger partial charge in [0, 0.05) is 12.2 Å². The summed E-state index contributed by atoms with van der Waals surface area (Å²) in [5.41, 5.74) is 7.76. The van der Waals surface area contributed by atoms with Crippen molar-refractivity contribution in [2.75, 3.05) is 12.3 Å². The van der Waals surface area contributed by atoms with Crippen LogP contribution < -0.4 is 11.1 Å². The molecule has 0 aliphatic heterocycles. The maximum atomic E-state index is 5.62. The lowest BCUT2D eigenvalue weighted by molar-refractivity contribution is 0.598. The molecule has 0 bridgehead atoms. The summed E-state index contributed by atoms with van der Waals surface area (Å²) in [7, 11) is 0. The first-order valence-corrected chi connectivity index (χ1v) is 5.88. The monoisotopic (exact) mass is 206 g/mol. The lowest BCUT2D eigenvalue weighted by Crippen LogP contribution is -2.14. The lowest BCUT2D eigenvalue weighted by atomic mass is 10.2. The van der Waals surface area contributed by atoms with E-state index in [-0.39, 0.29) is 0 Å². The second-order valence-electron chi connectivity index (χ2n) is 3.98. The van der Waals surface area contributed by atoms with E-state index in [1.165, 1.54) is 31.2 Å². The molecule has 0 atom stereocenters. The van der Waals surface area contributed by atoms with Crippen LogP contribution in [0.2, 0.25) is 0 Å². The van der Waals surface area contributed by atoms with Gasteiger partial charge in [0.2, 0.25) is 0 Å². The molecule has 1 aromatic rings. The predicted octanol–water partition coefficient (Wildman–Crippen LogP) is 2.94. The van der Waals surface area contributed by atoms with Gasteiger partial charge in [0.05, 0.1) is 0 Å². The average Bonchev–Trinajstić information content (AvgIpc) is 2.26. The first-order chi connectivity index (χ1) is 7.33. The van der Waals surface area contributed by atoms with Crippen molar-refractivity contribution in [1.82, 2.24) is 5.32 Å². The molecule has 0 radical (unpaired) electrons. The summed E-state index contributed by atoms with van der Waals surface area (Å²) in [6.45, 7) is 4.30. The van der Waals surface area contributed by atoms with Crippen LogP contribution in [0, 0.1) is 0 Å². The highest BCUT2D eigenvalue weighted by Gasteiger charge is 1.92. The van der Waals surface area contributed by atoms with Crippen molar-refractivity contribution in [3.05, 3.63) is 29.8 Å². The second-order valence-corrected chi connectivity index (χ2v) is 3.98. The van der Waals surface area contributed by atoms with Crippen molar-refractivity contribution in [3.63, 3.8) is 0 Å². The second kappa shape index (κ2) is 7.30. The summed E-state index contributed by atoms with van der Waals surface area (Å²) in [4.78, 5) is 0. The van der Waals surface area contributed by atoms with Gasteiger partial charge in [-0.1, -0.05) is 38.3 Å². The van der Waals surface area contributed by atoms with E-state index in [0.717, 1.165) is 18.8 Å². The van der Waals surface area contributed by atoms with E-state index >= 15 is 0 Å². The number of nitrogens with two attached hydrogens (primary N) is 1. The van der Waals surface area contributed by atoms with Crippen LogP contribution in [-0.4, -0.2) is 6.54 Å². The van der Waals surface area contributed by atoms with Gasteiger partial charge in [-0.3, -0.25) is 0 Å². The van der Waals surface area contributed by atoms with E-state index in [2.05, 4.69) is 24.4 Å². The zero-order valence-corrected chi connectivity index (χ0v) is 9.63. The SMILES string of the molecule is CCCCCCNCc1ccc(N)cc1. The molecule has 2 heteroatoms. The fourth-order valence-electron chi connectivity index (χ4n) is 1.54. The highest BCUT2D eigenvalue weighted by molar-refractivity contribution is 5.39. The Hall–Kier alpha value is -1.02. The third-order valence-corrected chi connectivity index (χ3v) is 2.52. The van der Waals surface area contributed by atoms with E-state index < -0.39 is 0 Å². The summed E-state index contributed by atoms with van der Waals surface area (Å²) in [5.74, 6) is 0. The normalized spacial score (nSPS) is 10.5. The van der Waals surface area contributed by atoms with Gasteiger partial charge in [-0.15, -0.1) is 0 Å². The molecule has 0 amide bonds. The Labute approximate surface area is 92.9 Å². The summed E-state index contributed by atoms with van der Waals surface area (Å²) in [6, 6.07) is 8.06. The van der Waals surface area contributed by atoms with Crippen LogP contribution >= 0.6 is 0 Å². The van der Waals surface area contributed by atoms with Crippen molar-refractivity contribution in [1.29, 1.82) is 0 Å². The zero-order valence-electron chi connectivity index (χ0n) is 9.63. The molecule has 0 aliphatic rings. The maximum Gasteiger partial charge on any atom is 0.0314 e. The van der Waals surface area contributed by atoms with Crippen molar-refractivity contribution < 1.29 is 0 Å². The Morgan fingerprint density at radius 1 is 1.07 bits per heavy atom. The van der Waals surface area contributed by atoms with Crippen molar-refractivity contribution in [3.8, 4) is 0 Å². The molecule has 0 spiro atoms.